The van der Waals surface area contributed by atoms with Crippen molar-refractivity contribution in [3.63, 3.8) is 0 Å². The monoisotopic (exact) mass is 394 g/mol. The molecule has 0 saturated heterocycles. The van der Waals surface area contributed by atoms with Gasteiger partial charge in [0.1, 0.15) is 11.4 Å². The molecular formula is C21H26N6O2. The molecule has 1 saturated carbocycles. The molecule has 0 aliphatic heterocycles. The fourth-order valence-corrected chi connectivity index (χ4v) is 3.68. The smallest absolute Gasteiger partial charge is 0.271 e. The lowest BCUT2D eigenvalue weighted by Crippen LogP contribution is -2.31. The fourth-order valence-electron chi connectivity index (χ4n) is 3.68. The Balaban J connectivity index is 1.26. The molecule has 8 heteroatoms. The van der Waals surface area contributed by atoms with E-state index in [1.54, 1.807) is 6.20 Å². The number of hydrogen-bond donors (Lipinski definition) is 2. The zero-order valence-corrected chi connectivity index (χ0v) is 16.8. The van der Waals surface area contributed by atoms with E-state index in [9.17, 15) is 4.79 Å². The Morgan fingerprint density at radius 2 is 2.07 bits per heavy atom. The van der Waals surface area contributed by atoms with Gasteiger partial charge in [-0.1, -0.05) is 19.9 Å². The van der Waals surface area contributed by atoms with Gasteiger partial charge in [-0.25, -0.2) is 0 Å². The van der Waals surface area contributed by atoms with E-state index in [2.05, 4.69) is 44.5 Å². The van der Waals surface area contributed by atoms with Crippen LogP contribution in [0.2, 0.25) is 0 Å². The second-order valence-corrected chi connectivity index (χ2v) is 7.95. The molecule has 0 bridgehead atoms. The summed E-state index contributed by atoms with van der Waals surface area (Å²) in [4.78, 5) is 16.6. The summed E-state index contributed by atoms with van der Waals surface area (Å²) < 4.78 is 5.86. The van der Waals surface area contributed by atoms with Gasteiger partial charge in [0.2, 0.25) is 5.89 Å². The fraction of sp³-hybridized carbons (Fsp3) is 0.476. The Bertz CT molecular complexity index is 941. The maximum Gasteiger partial charge on any atom is 0.271 e. The van der Waals surface area contributed by atoms with Gasteiger partial charge in [-0.15, -0.1) is 10.2 Å². The summed E-state index contributed by atoms with van der Waals surface area (Å²) in [5, 5.41) is 18.4. The van der Waals surface area contributed by atoms with Gasteiger partial charge >= 0.3 is 0 Å². The highest BCUT2D eigenvalue weighted by molar-refractivity contribution is 5.92. The molecule has 2 N–H and O–H groups in total. The summed E-state index contributed by atoms with van der Waals surface area (Å²) in [6, 6.07) is 7.44. The predicted octanol–water partition coefficient (Wildman–Crippen LogP) is 3.68. The minimum atomic E-state index is -0.118. The van der Waals surface area contributed by atoms with Gasteiger partial charge in [-0.05, 0) is 55.7 Å². The Hall–Kier alpha value is -3.03. The first-order valence-corrected chi connectivity index (χ1v) is 10.2. The normalized spacial score (nSPS) is 19.4. The van der Waals surface area contributed by atoms with E-state index in [0.29, 0.717) is 41.5 Å². The zero-order chi connectivity index (χ0) is 20.2. The summed E-state index contributed by atoms with van der Waals surface area (Å²) in [7, 11) is 0. The van der Waals surface area contributed by atoms with Gasteiger partial charge in [-0.2, -0.15) is 5.10 Å². The van der Waals surface area contributed by atoms with Gasteiger partial charge < -0.3 is 9.73 Å². The van der Waals surface area contributed by atoms with Crippen LogP contribution in [0, 0.1) is 5.92 Å². The highest BCUT2D eigenvalue weighted by Gasteiger charge is 2.27. The van der Waals surface area contributed by atoms with Crippen LogP contribution in [0.25, 0.3) is 11.6 Å². The highest BCUT2D eigenvalue weighted by Crippen LogP contribution is 2.35. The minimum absolute atomic E-state index is 0.118. The van der Waals surface area contributed by atoms with Crippen LogP contribution in [0.3, 0.4) is 0 Å². The Morgan fingerprint density at radius 3 is 2.76 bits per heavy atom. The standard InChI is InChI=1S/C21H26N6O2/c1-13(2)17-11-18(25-24-17)19(28)23-12-14-6-8-15(9-7-14)20-26-27-21(29-20)16-5-3-4-10-22-16/h3-5,10-11,13-15H,6-9,12H2,1-2H3,(H,23,28)(H,24,25). The van der Waals surface area contributed by atoms with E-state index < -0.39 is 0 Å². The molecule has 0 spiro atoms. The Morgan fingerprint density at radius 1 is 1.24 bits per heavy atom. The minimum Gasteiger partial charge on any atom is -0.419 e. The van der Waals surface area contributed by atoms with Crippen LogP contribution in [0.1, 0.15) is 73.4 Å². The van der Waals surface area contributed by atoms with Gasteiger partial charge in [0, 0.05) is 24.4 Å². The second-order valence-electron chi connectivity index (χ2n) is 7.95. The van der Waals surface area contributed by atoms with Gasteiger partial charge in [0.05, 0.1) is 0 Å². The molecule has 1 amide bonds. The molecule has 8 nitrogen and oxygen atoms in total. The molecule has 0 aromatic carbocycles. The molecule has 3 heterocycles. The number of carbonyl (C=O) groups is 1. The lowest BCUT2D eigenvalue weighted by atomic mass is 9.82. The number of aromatic nitrogens is 5. The summed E-state index contributed by atoms with van der Waals surface area (Å²) in [5.74, 6) is 2.08. The zero-order valence-electron chi connectivity index (χ0n) is 16.8. The van der Waals surface area contributed by atoms with E-state index in [1.165, 1.54) is 0 Å². The summed E-state index contributed by atoms with van der Waals surface area (Å²) in [6.07, 6.45) is 5.70. The van der Waals surface area contributed by atoms with Crippen molar-refractivity contribution in [1.82, 2.24) is 30.7 Å². The summed E-state index contributed by atoms with van der Waals surface area (Å²) in [5.41, 5.74) is 2.12. The van der Waals surface area contributed by atoms with E-state index in [0.717, 1.165) is 31.4 Å². The van der Waals surface area contributed by atoms with Crippen molar-refractivity contribution >= 4 is 5.91 Å². The number of nitrogens with zero attached hydrogens (tertiary/aromatic N) is 4. The average molecular weight is 394 g/mol. The van der Waals surface area contributed by atoms with Gasteiger partial charge in [-0.3, -0.25) is 14.9 Å². The first-order valence-electron chi connectivity index (χ1n) is 10.2. The first kappa shape index (κ1) is 19.3. The van der Waals surface area contributed by atoms with Crippen molar-refractivity contribution in [1.29, 1.82) is 0 Å². The number of hydrogen-bond acceptors (Lipinski definition) is 6. The molecule has 1 aliphatic carbocycles. The molecule has 1 aliphatic rings. The molecule has 3 aromatic rings. The summed E-state index contributed by atoms with van der Waals surface area (Å²) >= 11 is 0. The predicted molar refractivity (Wildman–Crippen MR) is 107 cm³/mol. The van der Waals surface area contributed by atoms with Crippen molar-refractivity contribution in [2.75, 3.05) is 6.54 Å². The van der Waals surface area contributed by atoms with E-state index in [-0.39, 0.29) is 11.8 Å². The van der Waals surface area contributed by atoms with Crippen LogP contribution in [-0.2, 0) is 0 Å². The van der Waals surface area contributed by atoms with E-state index >= 15 is 0 Å². The van der Waals surface area contributed by atoms with Crippen molar-refractivity contribution in [2.24, 2.45) is 5.92 Å². The molecule has 0 unspecified atom stereocenters. The number of amides is 1. The SMILES string of the molecule is CC(C)c1cc(C(=O)NCC2CCC(c3nnc(-c4ccccn4)o3)CC2)n[nH]1. The van der Waals surface area contributed by atoms with Crippen molar-refractivity contribution in [2.45, 2.75) is 51.4 Å². The molecule has 29 heavy (non-hydrogen) atoms. The lowest BCUT2D eigenvalue weighted by molar-refractivity contribution is 0.0937. The van der Waals surface area contributed by atoms with Crippen LogP contribution in [0.5, 0.6) is 0 Å². The van der Waals surface area contributed by atoms with Crippen LogP contribution in [0.15, 0.2) is 34.9 Å². The number of aromatic amines is 1. The second kappa shape index (κ2) is 8.55. The number of nitrogens with one attached hydrogen (secondary N) is 2. The molecule has 3 aromatic heterocycles. The molecule has 1 fully saturated rings. The first-order chi connectivity index (χ1) is 14.1. The van der Waals surface area contributed by atoms with Crippen molar-refractivity contribution in [3.8, 4) is 11.6 Å². The molecule has 0 radical (unpaired) electrons. The highest BCUT2D eigenvalue weighted by atomic mass is 16.4. The topological polar surface area (TPSA) is 110 Å². The van der Waals surface area contributed by atoms with Crippen LogP contribution < -0.4 is 5.32 Å². The number of rotatable bonds is 6. The largest absolute Gasteiger partial charge is 0.419 e. The maximum atomic E-state index is 12.3. The van der Waals surface area contributed by atoms with E-state index in [1.807, 2.05) is 24.3 Å². The maximum absolute atomic E-state index is 12.3. The van der Waals surface area contributed by atoms with E-state index in [4.69, 9.17) is 4.42 Å². The molecule has 152 valence electrons. The quantitative estimate of drug-likeness (QED) is 0.660. The molecule has 0 atom stereocenters. The Kier molecular flexibility index (Phi) is 5.69. The number of H-pyrrole nitrogens is 1. The average Bonchev–Trinajstić information content (AvgIpc) is 3.43. The van der Waals surface area contributed by atoms with Crippen LogP contribution >= 0.6 is 0 Å². The Labute approximate surface area is 169 Å². The van der Waals surface area contributed by atoms with Gasteiger partial charge in [0.25, 0.3) is 11.8 Å². The number of carbonyl (C=O) groups excluding carboxylic acids is 1. The number of pyridine rings is 1. The van der Waals surface area contributed by atoms with Crippen LogP contribution in [0.4, 0.5) is 0 Å². The van der Waals surface area contributed by atoms with Crippen molar-refractivity contribution < 1.29 is 9.21 Å². The third kappa shape index (κ3) is 4.52. The molecule has 4 rings (SSSR count). The lowest BCUT2D eigenvalue weighted by Gasteiger charge is -2.26. The summed E-state index contributed by atoms with van der Waals surface area (Å²) in [6.45, 7) is 4.80. The third-order valence-corrected chi connectivity index (χ3v) is 5.52. The van der Waals surface area contributed by atoms with Gasteiger partial charge in [0.15, 0.2) is 0 Å². The van der Waals surface area contributed by atoms with Crippen LogP contribution in [-0.4, -0.2) is 37.8 Å². The molecular weight excluding hydrogens is 368 g/mol. The van der Waals surface area contributed by atoms with Crippen molar-refractivity contribution in [3.05, 3.63) is 47.7 Å². The third-order valence-electron chi connectivity index (χ3n) is 5.52.